The molecule has 4 rings (SSSR count). The first-order valence-corrected chi connectivity index (χ1v) is 14.6. The maximum Gasteiger partial charge on any atom is 0.323 e. The van der Waals surface area contributed by atoms with Gasteiger partial charge in [-0.15, -0.1) is 0 Å². The minimum Gasteiger partial charge on any atom is -0.480 e. The number of urea groups is 1. The second kappa shape index (κ2) is 11.8. The molecule has 1 fully saturated rings. The summed E-state index contributed by atoms with van der Waals surface area (Å²) in [6.45, 7) is 6.37. The van der Waals surface area contributed by atoms with Crippen molar-refractivity contribution < 1.29 is 14.7 Å². The van der Waals surface area contributed by atoms with Crippen LogP contribution < -0.4 is 5.32 Å². The van der Waals surface area contributed by atoms with Gasteiger partial charge < -0.3 is 10.0 Å². The second-order valence-electron chi connectivity index (χ2n) is 10.5. The molecule has 0 atom stereocenters. The van der Waals surface area contributed by atoms with Gasteiger partial charge in [0.15, 0.2) is 5.13 Å². The van der Waals surface area contributed by atoms with Gasteiger partial charge in [0.1, 0.15) is 4.75 Å². The third kappa shape index (κ3) is 6.71. The molecule has 1 aromatic carbocycles. The highest BCUT2D eigenvalue weighted by Crippen LogP contribution is 2.38. The average Bonchev–Trinajstić information content (AvgIpc) is 3.46. The maximum absolute atomic E-state index is 13.4. The summed E-state index contributed by atoms with van der Waals surface area (Å²) in [5.74, 6) is -0.155. The minimum absolute atomic E-state index is 0.0941. The summed E-state index contributed by atoms with van der Waals surface area (Å²) in [5, 5.41) is 12.9. The van der Waals surface area contributed by atoms with Gasteiger partial charge in [0.05, 0.1) is 10.4 Å². The van der Waals surface area contributed by atoms with Crippen molar-refractivity contribution in [1.82, 2.24) is 9.88 Å². The number of carbonyl (C=O) groups is 2. The van der Waals surface area contributed by atoms with E-state index < -0.39 is 10.7 Å². The van der Waals surface area contributed by atoms with E-state index in [4.69, 9.17) is 0 Å². The van der Waals surface area contributed by atoms with E-state index in [0.717, 1.165) is 68.0 Å². The van der Waals surface area contributed by atoms with E-state index in [2.05, 4.69) is 47.6 Å². The van der Waals surface area contributed by atoms with E-state index >= 15 is 0 Å². The largest absolute Gasteiger partial charge is 0.480 e. The van der Waals surface area contributed by atoms with Crippen molar-refractivity contribution in [2.45, 2.75) is 87.1 Å². The summed E-state index contributed by atoms with van der Waals surface area (Å²) >= 11 is 2.58. The van der Waals surface area contributed by atoms with Crippen molar-refractivity contribution in [2.24, 2.45) is 5.92 Å². The molecular formula is C28H37N3O3S2. The van der Waals surface area contributed by atoms with Gasteiger partial charge in [-0.05, 0) is 87.8 Å². The van der Waals surface area contributed by atoms with Crippen LogP contribution in [0.3, 0.4) is 0 Å². The Balaban J connectivity index is 1.35. The molecule has 0 saturated heterocycles. The molecule has 0 bridgehead atoms. The number of thiazole rings is 1. The number of carboxylic acid groups (broad SMARTS) is 1. The van der Waals surface area contributed by atoms with Gasteiger partial charge in [-0.2, -0.15) is 0 Å². The van der Waals surface area contributed by atoms with Crippen molar-refractivity contribution in [3.63, 3.8) is 0 Å². The molecule has 0 unspecified atom stereocenters. The number of allylic oxidation sites excluding steroid dienone is 2. The molecule has 2 amide bonds. The van der Waals surface area contributed by atoms with Crippen LogP contribution in [0, 0.1) is 5.92 Å². The van der Waals surface area contributed by atoms with Crippen LogP contribution in [-0.2, 0) is 11.2 Å². The predicted molar refractivity (Wildman–Crippen MR) is 149 cm³/mol. The molecule has 1 saturated carbocycles. The zero-order chi connectivity index (χ0) is 25.7. The number of anilines is 1. The molecule has 36 heavy (non-hydrogen) atoms. The number of carbonyl (C=O) groups excluding carboxylic acids is 1. The first kappa shape index (κ1) is 26.7. The lowest BCUT2D eigenvalue weighted by atomic mass is 9.86. The van der Waals surface area contributed by atoms with E-state index in [9.17, 15) is 14.7 Å². The smallest absolute Gasteiger partial charge is 0.323 e. The molecule has 6 nitrogen and oxygen atoms in total. The Morgan fingerprint density at radius 2 is 1.94 bits per heavy atom. The molecule has 2 N–H and O–H groups in total. The van der Waals surface area contributed by atoms with E-state index in [1.54, 1.807) is 20.0 Å². The molecule has 0 spiro atoms. The van der Waals surface area contributed by atoms with Crippen LogP contribution in [0.5, 0.6) is 0 Å². The predicted octanol–water partition coefficient (Wildman–Crippen LogP) is 7.32. The molecule has 0 radical (unpaired) electrons. The van der Waals surface area contributed by atoms with Crippen LogP contribution in [0.1, 0.15) is 76.8 Å². The number of aromatic nitrogens is 1. The molecule has 1 heterocycles. The normalized spacial score (nSPS) is 19.5. The molecule has 2 aliphatic carbocycles. The number of carboxylic acids is 1. The summed E-state index contributed by atoms with van der Waals surface area (Å²) in [5.41, 5.74) is 4.24. The third-order valence-corrected chi connectivity index (χ3v) is 9.48. The number of amides is 2. The van der Waals surface area contributed by atoms with Crippen LogP contribution in [0.2, 0.25) is 0 Å². The van der Waals surface area contributed by atoms with Gasteiger partial charge in [0, 0.05) is 12.6 Å². The first-order chi connectivity index (χ1) is 17.2. The Labute approximate surface area is 222 Å². The van der Waals surface area contributed by atoms with Crippen molar-refractivity contribution in [1.29, 1.82) is 0 Å². The highest BCUT2D eigenvalue weighted by molar-refractivity contribution is 8.03. The summed E-state index contributed by atoms with van der Waals surface area (Å²) in [7, 11) is 0. The zero-order valence-electron chi connectivity index (χ0n) is 21.5. The van der Waals surface area contributed by atoms with Crippen molar-refractivity contribution in [2.75, 3.05) is 11.9 Å². The second-order valence-corrected chi connectivity index (χ2v) is 13.4. The van der Waals surface area contributed by atoms with E-state index in [0.29, 0.717) is 5.13 Å². The fraction of sp³-hybridized carbons (Fsp3) is 0.536. The number of hydrogen-bond donors (Lipinski definition) is 2. The van der Waals surface area contributed by atoms with Gasteiger partial charge in [-0.25, -0.2) is 9.78 Å². The number of fused-ring (bicyclic) bond motifs is 1. The summed E-state index contributed by atoms with van der Waals surface area (Å²) in [6, 6.07) is 8.80. The van der Waals surface area contributed by atoms with Crippen LogP contribution in [0.4, 0.5) is 9.93 Å². The molecule has 0 aliphatic heterocycles. The van der Waals surface area contributed by atoms with Crippen LogP contribution >= 0.6 is 23.1 Å². The van der Waals surface area contributed by atoms with E-state index in [1.165, 1.54) is 39.8 Å². The molecule has 8 heteroatoms. The summed E-state index contributed by atoms with van der Waals surface area (Å²) in [4.78, 5) is 31.2. The minimum atomic E-state index is -0.950. The monoisotopic (exact) mass is 527 g/mol. The van der Waals surface area contributed by atoms with Crippen molar-refractivity contribution >= 4 is 45.8 Å². The molecule has 194 valence electrons. The molecule has 2 aromatic rings. The van der Waals surface area contributed by atoms with Crippen LogP contribution in [0.15, 0.2) is 40.7 Å². The molecule has 2 aliphatic rings. The van der Waals surface area contributed by atoms with E-state index in [1.807, 2.05) is 4.90 Å². The number of hydrogen-bond acceptors (Lipinski definition) is 5. The highest BCUT2D eigenvalue weighted by atomic mass is 32.2. The Hall–Kier alpha value is -2.32. The van der Waals surface area contributed by atoms with Gasteiger partial charge in [-0.3, -0.25) is 10.1 Å². The summed E-state index contributed by atoms with van der Waals surface area (Å²) < 4.78 is -0.172. The Morgan fingerprint density at radius 3 is 2.69 bits per heavy atom. The van der Waals surface area contributed by atoms with Crippen LogP contribution in [-0.4, -0.2) is 44.3 Å². The fourth-order valence-electron chi connectivity index (χ4n) is 5.02. The average molecular weight is 528 g/mol. The number of benzene rings is 1. The summed E-state index contributed by atoms with van der Waals surface area (Å²) in [6.07, 6.45) is 12.5. The Morgan fingerprint density at radius 1 is 1.19 bits per heavy atom. The lowest BCUT2D eigenvalue weighted by molar-refractivity contribution is -0.138. The molecular weight excluding hydrogens is 490 g/mol. The van der Waals surface area contributed by atoms with Gasteiger partial charge in [0.25, 0.3) is 0 Å². The lowest BCUT2D eigenvalue weighted by Crippen LogP contribution is -2.45. The lowest BCUT2D eigenvalue weighted by Gasteiger charge is -2.36. The maximum atomic E-state index is 13.4. The van der Waals surface area contributed by atoms with Gasteiger partial charge >= 0.3 is 12.0 Å². The van der Waals surface area contributed by atoms with Crippen molar-refractivity contribution in [3.05, 3.63) is 47.7 Å². The highest BCUT2D eigenvalue weighted by Gasteiger charge is 2.30. The SMILES string of the molecule is CC1CCC(N(CCCCC2=CCc3ccccc32)C(=O)Nc2ncc(SC(C)(C)C(=O)O)s2)CC1. The topological polar surface area (TPSA) is 82.5 Å². The number of thioether (sulfide) groups is 1. The fourth-order valence-corrected chi connectivity index (χ4v) is 7.28. The standard InChI is InChI=1S/C28H37N3O3S2/c1-19-11-15-22(16-12-19)31(17-7-6-9-21-14-13-20-8-4-5-10-23(20)21)27(34)30-26-29-18-24(35-26)36-28(2,3)25(32)33/h4-5,8,10,14,18-19,22H,6-7,9,11-13,15-17H2,1-3H3,(H,32,33)(H,29,30,34). The number of rotatable bonds is 10. The first-order valence-electron chi connectivity index (χ1n) is 13.0. The molecule has 1 aromatic heterocycles. The Bertz CT molecular complexity index is 1100. The zero-order valence-corrected chi connectivity index (χ0v) is 23.1. The number of unbranched alkanes of at least 4 members (excludes halogenated alkanes) is 1. The Kier molecular flexibility index (Phi) is 8.78. The van der Waals surface area contributed by atoms with E-state index in [-0.39, 0.29) is 12.1 Å². The quantitative estimate of drug-likeness (QED) is 0.250. The third-order valence-electron chi connectivity index (χ3n) is 7.28. The van der Waals surface area contributed by atoms with Gasteiger partial charge in [0.2, 0.25) is 0 Å². The van der Waals surface area contributed by atoms with Crippen molar-refractivity contribution in [3.8, 4) is 0 Å². The number of nitrogens with one attached hydrogen (secondary N) is 1. The van der Waals surface area contributed by atoms with Crippen LogP contribution in [0.25, 0.3) is 5.57 Å². The number of nitrogens with zero attached hydrogens (tertiary/aromatic N) is 2. The van der Waals surface area contributed by atoms with Gasteiger partial charge in [-0.1, -0.05) is 60.4 Å². The number of aliphatic carboxylic acids is 1.